The molecule has 2 aromatic rings. The van der Waals surface area contributed by atoms with Gasteiger partial charge < -0.3 is 0 Å². The Labute approximate surface area is 96.5 Å². The zero-order valence-corrected chi connectivity index (χ0v) is 9.66. The molecule has 1 aromatic heterocycles. The molecule has 0 saturated heterocycles. The maximum Gasteiger partial charge on any atom is 0.115 e. The molecule has 15 heavy (non-hydrogen) atoms. The van der Waals surface area contributed by atoms with Crippen molar-refractivity contribution in [3.05, 3.63) is 46.5 Å². The van der Waals surface area contributed by atoms with E-state index in [1.807, 2.05) is 6.20 Å². The highest BCUT2D eigenvalue weighted by molar-refractivity contribution is 9.10. The fraction of sp³-hybridized carbons (Fsp3) is 0.167. The van der Waals surface area contributed by atoms with Gasteiger partial charge in [0.1, 0.15) is 6.33 Å². The highest BCUT2D eigenvalue weighted by atomic mass is 79.9. The van der Waals surface area contributed by atoms with Gasteiger partial charge in [0.2, 0.25) is 0 Å². The van der Waals surface area contributed by atoms with E-state index in [2.05, 4.69) is 44.1 Å². The molecule has 0 spiro atoms. The van der Waals surface area contributed by atoms with E-state index in [1.54, 1.807) is 6.33 Å². The summed E-state index contributed by atoms with van der Waals surface area (Å²) >= 11 is 3.50. The lowest BCUT2D eigenvalue weighted by molar-refractivity contribution is 0.882. The van der Waals surface area contributed by atoms with Crippen LogP contribution in [0, 0.1) is 0 Å². The first-order valence-corrected chi connectivity index (χ1v) is 5.71. The van der Waals surface area contributed by atoms with E-state index < -0.39 is 0 Å². The maximum atomic E-state index is 4.32. The number of hydrogen-bond donors (Lipinski definition) is 0. The standard InChI is InChI=1S/C12H9BrN2/c13-9-3-1-8-2-4-12-11(10(8)5-9)6-14-7-15-12/h1,3,5-7H,2,4H2. The minimum atomic E-state index is 1.02. The number of halogens is 1. The molecular formula is C12H9BrN2. The van der Waals surface area contributed by atoms with Crippen molar-refractivity contribution >= 4 is 15.9 Å². The molecule has 1 aliphatic rings. The van der Waals surface area contributed by atoms with E-state index in [4.69, 9.17) is 0 Å². The number of benzene rings is 1. The molecule has 0 saturated carbocycles. The average Bonchev–Trinajstić information content (AvgIpc) is 2.29. The third kappa shape index (κ3) is 1.47. The number of fused-ring (bicyclic) bond motifs is 3. The summed E-state index contributed by atoms with van der Waals surface area (Å²) in [5.41, 5.74) is 5.00. The van der Waals surface area contributed by atoms with Gasteiger partial charge in [-0.3, -0.25) is 0 Å². The van der Waals surface area contributed by atoms with Gasteiger partial charge in [0.05, 0.1) is 5.69 Å². The van der Waals surface area contributed by atoms with E-state index in [-0.39, 0.29) is 0 Å². The van der Waals surface area contributed by atoms with Crippen LogP contribution in [0.4, 0.5) is 0 Å². The van der Waals surface area contributed by atoms with Crippen molar-refractivity contribution in [1.82, 2.24) is 9.97 Å². The van der Waals surface area contributed by atoms with E-state index in [0.29, 0.717) is 0 Å². The van der Waals surface area contributed by atoms with Gasteiger partial charge in [-0.05, 0) is 36.1 Å². The van der Waals surface area contributed by atoms with E-state index in [1.165, 1.54) is 16.7 Å². The van der Waals surface area contributed by atoms with Gasteiger partial charge in [-0.25, -0.2) is 9.97 Å². The first kappa shape index (κ1) is 9.04. The largest absolute Gasteiger partial charge is 0.244 e. The smallest absolute Gasteiger partial charge is 0.115 e. The molecule has 3 rings (SSSR count). The maximum absolute atomic E-state index is 4.32. The van der Waals surface area contributed by atoms with E-state index in [9.17, 15) is 0 Å². The van der Waals surface area contributed by atoms with Gasteiger partial charge in [0.25, 0.3) is 0 Å². The molecule has 0 fully saturated rings. The molecule has 1 aromatic carbocycles. The minimum Gasteiger partial charge on any atom is -0.244 e. The Hall–Kier alpha value is -1.22. The molecule has 0 bridgehead atoms. The zero-order valence-electron chi connectivity index (χ0n) is 8.07. The van der Waals surface area contributed by atoms with Crippen LogP contribution in [0.5, 0.6) is 0 Å². The van der Waals surface area contributed by atoms with Crippen molar-refractivity contribution in [3.8, 4) is 11.1 Å². The van der Waals surface area contributed by atoms with Crippen molar-refractivity contribution in [2.24, 2.45) is 0 Å². The van der Waals surface area contributed by atoms with Crippen molar-refractivity contribution in [3.63, 3.8) is 0 Å². The zero-order chi connectivity index (χ0) is 10.3. The highest BCUT2D eigenvalue weighted by Gasteiger charge is 2.16. The number of aromatic nitrogens is 2. The van der Waals surface area contributed by atoms with E-state index >= 15 is 0 Å². The molecule has 0 aliphatic heterocycles. The normalized spacial score (nSPS) is 13.1. The third-order valence-electron chi connectivity index (χ3n) is 2.79. The number of nitrogens with zero attached hydrogens (tertiary/aromatic N) is 2. The summed E-state index contributed by atoms with van der Waals surface area (Å²) in [6.07, 6.45) is 5.63. The van der Waals surface area contributed by atoms with Gasteiger partial charge in [-0.1, -0.05) is 22.0 Å². The summed E-state index contributed by atoms with van der Waals surface area (Å²) in [4.78, 5) is 8.42. The molecule has 0 amide bonds. The van der Waals surface area contributed by atoms with Crippen LogP contribution in [0.2, 0.25) is 0 Å². The van der Waals surface area contributed by atoms with E-state index in [0.717, 1.165) is 23.0 Å². The van der Waals surface area contributed by atoms with Crippen molar-refractivity contribution < 1.29 is 0 Å². The molecule has 2 nitrogen and oxygen atoms in total. The second-order valence-electron chi connectivity index (χ2n) is 3.68. The van der Waals surface area contributed by atoms with Gasteiger partial charge >= 0.3 is 0 Å². The highest BCUT2D eigenvalue weighted by Crippen LogP contribution is 2.33. The van der Waals surface area contributed by atoms with Crippen molar-refractivity contribution in [2.75, 3.05) is 0 Å². The molecular weight excluding hydrogens is 252 g/mol. The molecule has 0 atom stereocenters. The van der Waals surface area contributed by atoms with Gasteiger partial charge in [0.15, 0.2) is 0 Å². The van der Waals surface area contributed by atoms with Crippen LogP contribution in [-0.4, -0.2) is 9.97 Å². The molecule has 1 aliphatic carbocycles. The molecule has 74 valence electrons. The number of rotatable bonds is 0. The first-order chi connectivity index (χ1) is 7.34. The van der Waals surface area contributed by atoms with Gasteiger partial charge in [-0.15, -0.1) is 0 Å². The van der Waals surface area contributed by atoms with Crippen LogP contribution >= 0.6 is 15.9 Å². The Morgan fingerprint density at radius 1 is 1.13 bits per heavy atom. The summed E-state index contributed by atoms with van der Waals surface area (Å²) in [5.74, 6) is 0. The molecule has 0 N–H and O–H groups in total. The Balaban J connectivity index is 2.28. The van der Waals surface area contributed by atoms with Gasteiger partial charge in [0, 0.05) is 16.2 Å². The second kappa shape index (κ2) is 3.42. The lowest BCUT2D eigenvalue weighted by Crippen LogP contribution is -2.06. The Morgan fingerprint density at radius 2 is 2.07 bits per heavy atom. The predicted octanol–water partition coefficient (Wildman–Crippen LogP) is 3.00. The van der Waals surface area contributed by atoms with Crippen molar-refractivity contribution in [2.45, 2.75) is 12.8 Å². The van der Waals surface area contributed by atoms with Crippen LogP contribution in [0.15, 0.2) is 35.2 Å². The fourth-order valence-corrected chi connectivity index (χ4v) is 2.41. The number of aryl methyl sites for hydroxylation is 2. The summed E-state index contributed by atoms with van der Waals surface area (Å²) in [6.45, 7) is 0. The summed E-state index contributed by atoms with van der Waals surface area (Å²) in [6, 6.07) is 6.42. The van der Waals surface area contributed by atoms with Crippen LogP contribution in [0.25, 0.3) is 11.1 Å². The van der Waals surface area contributed by atoms with Crippen molar-refractivity contribution in [1.29, 1.82) is 0 Å². The first-order valence-electron chi connectivity index (χ1n) is 4.92. The monoisotopic (exact) mass is 260 g/mol. The fourth-order valence-electron chi connectivity index (χ4n) is 2.05. The lowest BCUT2D eigenvalue weighted by atomic mass is 9.90. The summed E-state index contributed by atoms with van der Waals surface area (Å²) < 4.78 is 1.11. The third-order valence-corrected chi connectivity index (χ3v) is 3.28. The van der Waals surface area contributed by atoms with Gasteiger partial charge in [-0.2, -0.15) is 0 Å². The Kier molecular flexibility index (Phi) is 2.06. The number of hydrogen-bond acceptors (Lipinski definition) is 2. The van der Waals surface area contributed by atoms with Crippen LogP contribution in [-0.2, 0) is 12.8 Å². The topological polar surface area (TPSA) is 25.8 Å². The molecule has 3 heteroatoms. The Morgan fingerprint density at radius 3 is 3.00 bits per heavy atom. The quantitative estimate of drug-likeness (QED) is 0.728. The summed E-state index contributed by atoms with van der Waals surface area (Å²) in [7, 11) is 0. The van der Waals surface area contributed by atoms with Crippen LogP contribution in [0.3, 0.4) is 0 Å². The molecule has 0 radical (unpaired) electrons. The molecule has 0 unspecified atom stereocenters. The lowest BCUT2D eigenvalue weighted by Gasteiger charge is -2.18. The SMILES string of the molecule is Brc1ccc2c(c1)-c1cncnc1CC2. The predicted molar refractivity (Wildman–Crippen MR) is 62.6 cm³/mol. The van der Waals surface area contributed by atoms with Crippen LogP contribution in [0.1, 0.15) is 11.3 Å². The molecule has 1 heterocycles. The van der Waals surface area contributed by atoms with Crippen LogP contribution < -0.4 is 0 Å². The Bertz CT molecular complexity index is 523. The average molecular weight is 261 g/mol. The second-order valence-corrected chi connectivity index (χ2v) is 4.60. The summed E-state index contributed by atoms with van der Waals surface area (Å²) in [5, 5.41) is 0. The minimum absolute atomic E-state index is 1.02.